The van der Waals surface area contributed by atoms with Crippen LogP contribution in [0.15, 0.2) is 18.2 Å². The molecule has 1 aromatic rings. The smallest absolute Gasteiger partial charge is 0.164 e. The third-order valence-corrected chi connectivity index (χ3v) is 2.88. The maximum absolute atomic E-state index is 13.5. The summed E-state index contributed by atoms with van der Waals surface area (Å²) in [5, 5.41) is 3.28. The Morgan fingerprint density at radius 2 is 2.24 bits per heavy atom. The molecule has 4 heteroatoms. The van der Waals surface area contributed by atoms with Crippen molar-refractivity contribution in [2.24, 2.45) is 5.73 Å². The number of halogens is 1. The van der Waals surface area contributed by atoms with Gasteiger partial charge in [-0.3, -0.25) is 0 Å². The molecule has 1 rings (SSSR count). The highest BCUT2D eigenvalue weighted by molar-refractivity contribution is 7.80. The Morgan fingerprint density at radius 1 is 1.53 bits per heavy atom. The molecule has 3 N–H and O–H groups in total. The van der Waals surface area contributed by atoms with Gasteiger partial charge in [0.2, 0.25) is 0 Å². The van der Waals surface area contributed by atoms with Crippen molar-refractivity contribution in [3.63, 3.8) is 0 Å². The van der Waals surface area contributed by atoms with Gasteiger partial charge in [0.25, 0.3) is 0 Å². The quantitative estimate of drug-likeness (QED) is 0.792. The molecule has 0 spiro atoms. The van der Waals surface area contributed by atoms with Crippen LogP contribution in [0, 0.1) is 12.7 Å². The largest absolute Gasteiger partial charge is 0.376 e. The highest BCUT2D eigenvalue weighted by Gasteiger charge is 2.12. The first-order chi connectivity index (χ1) is 8.04. The molecule has 0 saturated heterocycles. The van der Waals surface area contributed by atoms with Crippen molar-refractivity contribution in [1.29, 1.82) is 0 Å². The normalized spacial score (nSPS) is 12.2. The average molecular weight is 254 g/mol. The van der Waals surface area contributed by atoms with Gasteiger partial charge in [-0.05, 0) is 42.8 Å². The van der Waals surface area contributed by atoms with Crippen LogP contribution < -0.4 is 11.1 Å². The molecule has 2 nitrogen and oxygen atoms in total. The summed E-state index contributed by atoms with van der Waals surface area (Å²) in [5.41, 5.74) is 7.05. The molecule has 0 aromatic heterocycles. The Hall–Kier alpha value is -1.16. The Labute approximate surface area is 107 Å². The fourth-order valence-corrected chi connectivity index (χ4v) is 1.87. The number of nitrogens with two attached hydrogens (primary N) is 1. The lowest BCUT2D eigenvalue weighted by molar-refractivity contribution is 0.549. The number of hydrogen-bond donors (Lipinski definition) is 2. The summed E-state index contributed by atoms with van der Waals surface area (Å²) in [6.45, 7) is 3.87. The molecule has 0 bridgehead atoms. The van der Waals surface area contributed by atoms with Crippen molar-refractivity contribution >= 4 is 17.3 Å². The lowest BCUT2D eigenvalue weighted by Crippen LogP contribution is -2.33. The maximum Gasteiger partial charge on any atom is 0.164 e. The van der Waals surface area contributed by atoms with E-state index in [4.69, 9.17) is 18.0 Å². The molecule has 0 amide bonds. The lowest BCUT2D eigenvalue weighted by Gasteiger charge is -2.19. The second-order valence-corrected chi connectivity index (χ2v) is 4.65. The van der Waals surface area contributed by atoms with E-state index in [1.54, 1.807) is 19.1 Å². The minimum atomic E-state index is -0.186. The van der Waals surface area contributed by atoms with E-state index in [1.807, 2.05) is 6.07 Å². The highest BCUT2D eigenvalue weighted by atomic mass is 32.1. The zero-order valence-corrected chi connectivity index (χ0v) is 11.1. The average Bonchev–Trinajstić information content (AvgIpc) is 2.27. The van der Waals surface area contributed by atoms with Crippen LogP contribution in [-0.4, -0.2) is 5.11 Å². The number of nitrogens with one attached hydrogen (secondary N) is 1. The molecule has 0 aliphatic carbocycles. The standard InChI is InChI=1S/C13H19FN2S/c1-3-4-5-12(16-13(15)17)10-7-6-9(2)11(14)8-10/h6-8,12H,3-5H2,1-2H3,(H3,15,16,17). The summed E-state index contributed by atoms with van der Waals surface area (Å²) in [4.78, 5) is 0. The molecule has 0 saturated carbocycles. The minimum absolute atomic E-state index is 0.00236. The molecule has 0 aliphatic rings. The fourth-order valence-electron chi connectivity index (χ4n) is 1.73. The number of unbranched alkanes of at least 4 members (excludes halogenated alkanes) is 1. The molecule has 0 aliphatic heterocycles. The molecule has 1 atom stereocenters. The zero-order chi connectivity index (χ0) is 12.8. The van der Waals surface area contributed by atoms with Crippen LogP contribution in [0.25, 0.3) is 0 Å². The van der Waals surface area contributed by atoms with Gasteiger partial charge in [0.15, 0.2) is 5.11 Å². The van der Waals surface area contributed by atoms with E-state index in [0.29, 0.717) is 5.56 Å². The molecule has 1 aromatic carbocycles. The van der Waals surface area contributed by atoms with Crippen molar-refractivity contribution < 1.29 is 4.39 Å². The second-order valence-electron chi connectivity index (χ2n) is 4.21. The SMILES string of the molecule is CCCCC(NC(N)=S)c1ccc(C)c(F)c1. The van der Waals surface area contributed by atoms with Gasteiger partial charge in [-0.2, -0.15) is 0 Å². The van der Waals surface area contributed by atoms with Crippen LogP contribution in [0.1, 0.15) is 43.4 Å². The van der Waals surface area contributed by atoms with Crippen molar-refractivity contribution in [3.8, 4) is 0 Å². The predicted octanol–water partition coefficient (Wildman–Crippen LogP) is 3.20. The van der Waals surface area contributed by atoms with E-state index in [1.165, 1.54) is 0 Å². The van der Waals surface area contributed by atoms with Gasteiger partial charge in [-0.25, -0.2) is 4.39 Å². The van der Waals surface area contributed by atoms with Crippen molar-refractivity contribution in [2.75, 3.05) is 0 Å². The number of hydrogen-bond acceptors (Lipinski definition) is 1. The molecule has 1 unspecified atom stereocenters. The van der Waals surface area contributed by atoms with Crippen molar-refractivity contribution in [2.45, 2.75) is 39.2 Å². The van der Waals surface area contributed by atoms with Gasteiger partial charge >= 0.3 is 0 Å². The van der Waals surface area contributed by atoms with Gasteiger partial charge in [-0.15, -0.1) is 0 Å². The van der Waals surface area contributed by atoms with E-state index in [9.17, 15) is 4.39 Å². The van der Waals surface area contributed by atoms with Gasteiger partial charge in [0, 0.05) is 0 Å². The summed E-state index contributed by atoms with van der Waals surface area (Å²) >= 11 is 4.85. The van der Waals surface area contributed by atoms with E-state index >= 15 is 0 Å². The maximum atomic E-state index is 13.5. The summed E-state index contributed by atoms with van der Waals surface area (Å²) in [6, 6.07) is 5.26. The third-order valence-electron chi connectivity index (χ3n) is 2.76. The van der Waals surface area contributed by atoms with Gasteiger partial charge in [-0.1, -0.05) is 31.9 Å². The highest BCUT2D eigenvalue weighted by Crippen LogP contribution is 2.21. The predicted molar refractivity (Wildman–Crippen MR) is 73.3 cm³/mol. The van der Waals surface area contributed by atoms with Crippen LogP contribution in [0.3, 0.4) is 0 Å². The summed E-state index contributed by atoms with van der Waals surface area (Å²) in [6.07, 6.45) is 3.04. The first-order valence-electron chi connectivity index (χ1n) is 5.86. The molecular formula is C13H19FN2S. The fraction of sp³-hybridized carbons (Fsp3) is 0.462. The summed E-state index contributed by atoms with van der Waals surface area (Å²) < 4.78 is 13.5. The Kier molecular flexibility index (Phi) is 5.35. The molecule has 17 heavy (non-hydrogen) atoms. The molecular weight excluding hydrogens is 235 g/mol. The van der Waals surface area contributed by atoms with E-state index < -0.39 is 0 Å². The Bertz CT molecular complexity index is 393. The van der Waals surface area contributed by atoms with Crippen molar-refractivity contribution in [3.05, 3.63) is 35.1 Å². The van der Waals surface area contributed by atoms with E-state index in [-0.39, 0.29) is 17.0 Å². The van der Waals surface area contributed by atoms with Gasteiger partial charge in [0.05, 0.1) is 6.04 Å². The van der Waals surface area contributed by atoms with Crippen LogP contribution in [0.2, 0.25) is 0 Å². The van der Waals surface area contributed by atoms with Gasteiger partial charge < -0.3 is 11.1 Å². The number of aryl methyl sites for hydroxylation is 1. The Morgan fingerprint density at radius 3 is 2.76 bits per heavy atom. The molecule has 0 radical (unpaired) electrons. The topological polar surface area (TPSA) is 38.0 Å². The van der Waals surface area contributed by atoms with E-state index in [2.05, 4.69) is 12.2 Å². The van der Waals surface area contributed by atoms with Gasteiger partial charge in [0.1, 0.15) is 5.82 Å². The minimum Gasteiger partial charge on any atom is -0.376 e. The zero-order valence-electron chi connectivity index (χ0n) is 10.3. The van der Waals surface area contributed by atoms with Crippen LogP contribution in [0.5, 0.6) is 0 Å². The molecule has 0 fully saturated rings. The summed E-state index contributed by atoms with van der Waals surface area (Å²) in [5.74, 6) is -0.186. The molecule has 0 heterocycles. The summed E-state index contributed by atoms with van der Waals surface area (Å²) in [7, 11) is 0. The lowest BCUT2D eigenvalue weighted by atomic mass is 10.00. The number of benzene rings is 1. The first-order valence-corrected chi connectivity index (χ1v) is 6.27. The van der Waals surface area contributed by atoms with Crippen LogP contribution in [0.4, 0.5) is 4.39 Å². The molecule has 94 valence electrons. The van der Waals surface area contributed by atoms with Crippen LogP contribution >= 0.6 is 12.2 Å². The Balaban J connectivity index is 2.86. The third kappa shape index (κ3) is 4.30. The van der Waals surface area contributed by atoms with E-state index in [0.717, 1.165) is 24.8 Å². The number of rotatable bonds is 5. The van der Waals surface area contributed by atoms with Crippen molar-refractivity contribution in [1.82, 2.24) is 5.32 Å². The van der Waals surface area contributed by atoms with Crippen LogP contribution in [-0.2, 0) is 0 Å². The second kappa shape index (κ2) is 6.55. The number of thiocarbonyl (C=S) groups is 1. The monoisotopic (exact) mass is 254 g/mol. The first kappa shape index (κ1) is 13.9.